The van der Waals surface area contributed by atoms with Crippen molar-refractivity contribution in [2.24, 2.45) is 5.92 Å². The maximum absolute atomic E-state index is 11.6. The minimum atomic E-state index is -1.16. The third kappa shape index (κ3) is 3.48. The monoisotopic (exact) mass is 238 g/mol. The predicted molar refractivity (Wildman–Crippen MR) is 60.2 cm³/mol. The van der Waals surface area contributed by atoms with E-state index in [4.69, 9.17) is 9.84 Å². The zero-order valence-electron chi connectivity index (χ0n) is 9.64. The van der Waals surface area contributed by atoms with Gasteiger partial charge >= 0.3 is 11.9 Å². The van der Waals surface area contributed by atoms with Gasteiger partial charge in [0.25, 0.3) is 0 Å². The Morgan fingerprint density at radius 1 is 1.35 bits per heavy atom. The van der Waals surface area contributed by atoms with E-state index in [1.807, 2.05) is 13.8 Å². The minimum Gasteiger partial charge on any atom is -0.507 e. The summed E-state index contributed by atoms with van der Waals surface area (Å²) in [6, 6.07) is 3.48. The van der Waals surface area contributed by atoms with Crippen molar-refractivity contribution >= 4 is 11.9 Å². The molecule has 0 spiro atoms. The van der Waals surface area contributed by atoms with Crippen LogP contribution in [0.1, 0.15) is 34.6 Å². The lowest BCUT2D eigenvalue weighted by Crippen LogP contribution is -2.11. The minimum absolute atomic E-state index is 0.0701. The quantitative estimate of drug-likeness (QED) is 0.783. The summed E-state index contributed by atoms with van der Waals surface area (Å²) in [7, 11) is 0. The SMILES string of the molecule is CC(C)COC(=O)c1cc(C(=O)O)ccc1O. The highest BCUT2D eigenvalue weighted by Gasteiger charge is 2.16. The lowest BCUT2D eigenvalue weighted by molar-refractivity contribution is 0.0455. The number of hydrogen-bond acceptors (Lipinski definition) is 4. The Hall–Kier alpha value is -2.04. The number of aromatic carboxylic acids is 1. The first-order chi connectivity index (χ1) is 7.91. The summed E-state index contributed by atoms with van der Waals surface area (Å²) in [5.74, 6) is -2.00. The Balaban J connectivity index is 2.92. The second kappa shape index (κ2) is 5.34. The summed E-state index contributed by atoms with van der Waals surface area (Å²) in [6.45, 7) is 3.97. The maximum atomic E-state index is 11.6. The number of phenolic OH excluding ortho intramolecular Hbond substituents is 1. The zero-order chi connectivity index (χ0) is 13.0. The van der Waals surface area contributed by atoms with Crippen molar-refractivity contribution in [2.45, 2.75) is 13.8 Å². The molecule has 0 bridgehead atoms. The van der Waals surface area contributed by atoms with Gasteiger partial charge in [-0.2, -0.15) is 0 Å². The molecule has 1 rings (SSSR count). The van der Waals surface area contributed by atoms with Gasteiger partial charge in [-0.25, -0.2) is 9.59 Å². The Bertz CT molecular complexity index is 437. The van der Waals surface area contributed by atoms with Crippen molar-refractivity contribution in [1.29, 1.82) is 0 Å². The number of phenols is 1. The Kier molecular flexibility index (Phi) is 4.09. The van der Waals surface area contributed by atoms with Crippen LogP contribution in [0.25, 0.3) is 0 Å². The molecule has 0 amide bonds. The lowest BCUT2D eigenvalue weighted by Gasteiger charge is -2.08. The second-order valence-corrected chi connectivity index (χ2v) is 4.03. The topological polar surface area (TPSA) is 83.8 Å². The third-order valence-electron chi connectivity index (χ3n) is 2.01. The molecule has 1 aromatic rings. The summed E-state index contributed by atoms with van der Waals surface area (Å²) in [4.78, 5) is 22.3. The molecular formula is C12H14O5. The van der Waals surface area contributed by atoms with Gasteiger partial charge in [-0.15, -0.1) is 0 Å². The van der Waals surface area contributed by atoms with E-state index in [-0.39, 0.29) is 29.4 Å². The van der Waals surface area contributed by atoms with Crippen molar-refractivity contribution in [3.05, 3.63) is 29.3 Å². The van der Waals surface area contributed by atoms with Gasteiger partial charge in [0, 0.05) is 0 Å². The Labute approximate surface area is 98.6 Å². The number of ether oxygens (including phenoxy) is 1. The van der Waals surface area contributed by atoms with Crippen LogP contribution in [0, 0.1) is 5.92 Å². The van der Waals surface area contributed by atoms with Crippen LogP contribution in [0.2, 0.25) is 0 Å². The molecule has 0 fully saturated rings. The predicted octanol–water partition coefficient (Wildman–Crippen LogP) is 1.90. The van der Waals surface area contributed by atoms with Crippen LogP contribution in [0.5, 0.6) is 5.75 Å². The first-order valence-corrected chi connectivity index (χ1v) is 5.15. The largest absolute Gasteiger partial charge is 0.507 e. The normalized spacial score (nSPS) is 10.3. The molecule has 0 aliphatic carbocycles. The second-order valence-electron chi connectivity index (χ2n) is 4.03. The van der Waals surface area contributed by atoms with E-state index in [1.54, 1.807) is 0 Å². The molecule has 0 unspecified atom stereocenters. The molecule has 0 heterocycles. The molecule has 0 saturated heterocycles. The van der Waals surface area contributed by atoms with E-state index >= 15 is 0 Å². The molecular weight excluding hydrogens is 224 g/mol. The third-order valence-corrected chi connectivity index (χ3v) is 2.01. The molecule has 0 aliphatic heterocycles. The number of aromatic hydroxyl groups is 1. The molecule has 0 saturated carbocycles. The van der Waals surface area contributed by atoms with Crippen molar-refractivity contribution in [3.63, 3.8) is 0 Å². The number of benzene rings is 1. The molecule has 17 heavy (non-hydrogen) atoms. The van der Waals surface area contributed by atoms with Gasteiger partial charge in [0.05, 0.1) is 12.2 Å². The fourth-order valence-corrected chi connectivity index (χ4v) is 1.15. The summed E-state index contributed by atoms with van der Waals surface area (Å²) in [6.07, 6.45) is 0. The molecule has 5 heteroatoms. The van der Waals surface area contributed by atoms with Gasteiger partial charge in [0.2, 0.25) is 0 Å². The van der Waals surface area contributed by atoms with Crippen molar-refractivity contribution in [1.82, 2.24) is 0 Å². The standard InChI is InChI=1S/C12H14O5/c1-7(2)6-17-12(16)9-5-8(11(14)15)3-4-10(9)13/h3-5,7,13H,6H2,1-2H3,(H,14,15). The molecule has 92 valence electrons. The number of esters is 1. The fourth-order valence-electron chi connectivity index (χ4n) is 1.15. The van der Waals surface area contributed by atoms with E-state index in [9.17, 15) is 14.7 Å². The van der Waals surface area contributed by atoms with Crippen molar-refractivity contribution in [3.8, 4) is 5.75 Å². The summed E-state index contributed by atoms with van der Waals surface area (Å²) >= 11 is 0. The molecule has 2 N–H and O–H groups in total. The van der Waals surface area contributed by atoms with Gasteiger partial charge in [0.15, 0.2) is 0 Å². The smallest absolute Gasteiger partial charge is 0.341 e. The molecule has 0 atom stereocenters. The van der Waals surface area contributed by atoms with Gasteiger partial charge in [-0.3, -0.25) is 0 Å². The maximum Gasteiger partial charge on any atom is 0.341 e. The first-order valence-electron chi connectivity index (χ1n) is 5.15. The number of carbonyl (C=O) groups excluding carboxylic acids is 1. The molecule has 5 nitrogen and oxygen atoms in total. The van der Waals surface area contributed by atoms with Crippen molar-refractivity contribution < 1.29 is 24.5 Å². The van der Waals surface area contributed by atoms with Crippen LogP contribution < -0.4 is 0 Å². The first kappa shape index (κ1) is 13.0. The summed E-state index contributed by atoms with van der Waals surface area (Å²) in [5.41, 5.74) is -0.204. The molecule has 0 radical (unpaired) electrons. The Morgan fingerprint density at radius 3 is 2.53 bits per heavy atom. The van der Waals surface area contributed by atoms with E-state index < -0.39 is 11.9 Å². The van der Waals surface area contributed by atoms with E-state index in [0.717, 1.165) is 12.1 Å². The highest BCUT2D eigenvalue weighted by molar-refractivity contribution is 5.96. The number of carboxylic acid groups (broad SMARTS) is 1. The van der Waals surface area contributed by atoms with Crippen LogP contribution in [0.3, 0.4) is 0 Å². The summed E-state index contributed by atoms with van der Waals surface area (Å²) in [5, 5.41) is 18.2. The summed E-state index contributed by atoms with van der Waals surface area (Å²) < 4.78 is 4.91. The van der Waals surface area contributed by atoms with Crippen LogP contribution >= 0.6 is 0 Å². The average molecular weight is 238 g/mol. The van der Waals surface area contributed by atoms with Crippen LogP contribution in [0.4, 0.5) is 0 Å². The highest BCUT2D eigenvalue weighted by Crippen LogP contribution is 2.19. The highest BCUT2D eigenvalue weighted by atomic mass is 16.5. The lowest BCUT2D eigenvalue weighted by atomic mass is 10.1. The van der Waals surface area contributed by atoms with Crippen LogP contribution in [-0.4, -0.2) is 28.8 Å². The average Bonchev–Trinajstić information content (AvgIpc) is 2.26. The van der Waals surface area contributed by atoms with E-state index in [1.165, 1.54) is 6.07 Å². The van der Waals surface area contributed by atoms with Gasteiger partial charge in [-0.05, 0) is 24.1 Å². The molecule has 0 aliphatic rings. The van der Waals surface area contributed by atoms with E-state index in [0.29, 0.717) is 0 Å². The number of carboxylic acids is 1. The number of hydrogen-bond donors (Lipinski definition) is 2. The van der Waals surface area contributed by atoms with Crippen LogP contribution in [-0.2, 0) is 4.74 Å². The van der Waals surface area contributed by atoms with E-state index in [2.05, 4.69) is 0 Å². The molecule has 0 aromatic heterocycles. The van der Waals surface area contributed by atoms with Gasteiger partial charge < -0.3 is 14.9 Å². The zero-order valence-corrected chi connectivity index (χ0v) is 9.64. The van der Waals surface area contributed by atoms with Gasteiger partial charge in [0.1, 0.15) is 11.3 Å². The Morgan fingerprint density at radius 2 is 2.00 bits per heavy atom. The number of rotatable bonds is 4. The number of carbonyl (C=O) groups is 2. The van der Waals surface area contributed by atoms with Crippen LogP contribution in [0.15, 0.2) is 18.2 Å². The van der Waals surface area contributed by atoms with Crippen molar-refractivity contribution in [2.75, 3.05) is 6.61 Å². The van der Waals surface area contributed by atoms with Gasteiger partial charge in [-0.1, -0.05) is 13.8 Å². The molecule has 1 aromatic carbocycles. The fraction of sp³-hybridized carbons (Fsp3) is 0.333.